The molecular formula is C20H18Cl2FN3O3S. The fourth-order valence-electron chi connectivity index (χ4n) is 2.58. The largest absolute Gasteiger partial charge is 0.481 e. The molecule has 1 amide bonds. The third kappa shape index (κ3) is 5.81. The van der Waals surface area contributed by atoms with Crippen molar-refractivity contribution >= 4 is 40.4 Å². The van der Waals surface area contributed by atoms with Crippen LogP contribution in [0.1, 0.15) is 18.7 Å². The number of hydrogen-bond acceptors (Lipinski definition) is 6. The fraction of sp³-hybridized carbons (Fsp3) is 0.250. The van der Waals surface area contributed by atoms with Gasteiger partial charge >= 0.3 is 0 Å². The number of halogens is 3. The first-order valence-corrected chi connectivity index (χ1v) is 10.6. The molecule has 158 valence electrons. The average Bonchev–Trinajstić information content (AvgIpc) is 3.14. The Morgan fingerprint density at radius 2 is 1.90 bits per heavy atom. The highest BCUT2D eigenvalue weighted by Gasteiger charge is 2.22. The van der Waals surface area contributed by atoms with E-state index in [-0.39, 0.29) is 16.8 Å². The number of aromatic nitrogens is 2. The molecule has 0 aliphatic rings. The van der Waals surface area contributed by atoms with E-state index in [4.69, 9.17) is 32.7 Å². The lowest BCUT2D eigenvalue weighted by atomic mass is 10.3. The molecule has 0 bridgehead atoms. The van der Waals surface area contributed by atoms with Crippen molar-refractivity contribution in [3.8, 4) is 17.4 Å². The third-order valence-corrected chi connectivity index (χ3v) is 5.34. The molecule has 6 nitrogen and oxygen atoms in total. The minimum absolute atomic E-state index is 0.158. The summed E-state index contributed by atoms with van der Waals surface area (Å²) in [6.45, 7) is 4.51. The lowest BCUT2D eigenvalue weighted by molar-refractivity contribution is -0.138. The van der Waals surface area contributed by atoms with Crippen LogP contribution in [-0.2, 0) is 11.3 Å². The number of pyridine rings is 1. The van der Waals surface area contributed by atoms with Gasteiger partial charge in [0, 0.05) is 23.8 Å². The molecule has 0 aliphatic heterocycles. The summed E-state index contributed by atoms with van der Waals surface area (Å²) < 4.78 is 25.4. The topological polar surface area (TPSA) is 64.6 Å². The summed E-state index contributed by atoms with van der Waals surface area (Å²) >= 11 is 12.9. The maximum absolute atomic E-state index is 13.8. The van der Waals surface area contributed by atoms with Crippen LogP contribution in [0.3, 0.4) is 0 Å². The molecule has 1 atom stereocenters. The van der Waals surface area contributed by atoms with Gasteiger partial charge in [-0.05, 0) is 44.2 Å². The first-order chi connectivity index (χ1) is 14.4. The number of benzene rings is 1. The van der Waals surface area contributed by atoms with Gasteiger partial charge in [0.15, 0.2) is 16.4 Å². The average molecular weight is 470 g/mol. The van der Waals surface area contributed by atoms with Gasteiger partial charge in [0.2, 0.25) is 0 Å². The monoisotopic (exact) mass is 469 g/mol. The van der Waals surface area contributed by atoms with Crippen LogP contribution >= 0.6 is 34.5 Å². The van der Waals surface area contributed by atoms with E-state index in [1.165, 1.54) is 17.5 Å². The van der Waals surface area contributed by atoms with Crippen molar-refractivity contribution in [3.63, 3.8) is 0 Å². The minimum atomic E-state index is -0.699. The molecule has 2 aromatic heterocycles. The molecule has 0 unspecified atom stereocenters. The molecule has 10 heteroatoms. The van der Waals surface area contributed by atoms with Crippen LogP contribution in [0.15, 0.2) is 42.7 Å². The summed E-state index contributed by atoms with van der Waals surface area (Å²) in [5, 5.41) is 0.182. The second kappa shape index (κ2) is 10.1. The Bertz CT molecular complexity index is 1020. The van der Waals surface area contributed by atoms with Crippen LogP contribution < -0.4 is 9.47 Å². The van der Waals surface area contributed by atoms with Gasteiger partial charge in [-0.3, -0.25) is 4.79 Å². The van der Waals surface area contributed by atoms with Gasteiger partial charge < -0.3 is 14.4 Å². The van der Waals surface area contributed by atoms with E-state index in [9.17, 15) is 9.18 Å². The van der Waals surface area contributed by atoms with Crippen molar-refractivity contribution in [2.75, 3.05) is 6.54 Å². The second-order valence-corrected chi connectivity index (χ2v) is 8.34. The van der Waals surface area contributed by atoms with Gasteiger partial charge in [-0.2, -0.15) is 0 Å². The Hall–Kier alpha value is -2.42. The van der Waals surface area contributed by atoms with Crippen molar-refractivity contribution in [3.05, 3.63) is 62.9 Å². The highest BCUT2D eigenvalue weighted by Crippen LogP contribution is 2.26. The standard InChI is InChI=1S/C20H18Cl2FN3O3S/c1-3-26(11-16-10-25-20(22)30-16)19(27)12(2)28-14-4-6-15(7-5-14)29-18-17(23)8-13(21)9-24-18/h4-10,12H,3,11H2,1-2H3/t12-/m1/s1. The number of nitrogens with zero attached hydrogens (tertiary/aromatic N) is 3. The zero-order valence-electron chi connectivity index (χ0n) is 16.1. The molecule has 0 N–H and O–H groups in total. The van der Waals surface area contributed by atoms with Crippen molar-refractivity contribution in [1.82, 2.24) is 14.9 Å². The van der Waals surface area contributed by atoms with Crippen molar-refractivity contribution in [1.29, 1.82) is 0 Å². The van der Waals surface area contributed by atoms with E-state index in [1.807, 2.05) is 6.92 Å². The number of thiazole rings is 1. The quantitative estimate of drug-likeness (QED) is 0.429. The molecule has 30 heavy (non-hydrogen) atoms. The fourth-order valence-corrected chi connectivity index (χ4v) is 3.72. The molecule has 0 spiro atoms. The number of carbonyl (C=O) groups is 1. The normalized spacial score (nSPS) is 11.8. The van der Waals surface area contributed by atoms with Crippen molar-refractivity contribution < 1.29 is 18.7 Å². The van der Waals surface area contributed by atoms with Gasteiger partial charge in [0.05, 0.1) is 11.6 Å². The lowest BCUT2D eigenvalue weighted by Gasteiger charge is -2.24. The van der Waals surface area contributed by atoms with Crippen molar-refractivity contribution in [2.24, 2.45) is 0 Å². The smallest absolute Gasteiger partial charge is 0.263 e. The number of amides is 1. The first kappa shape index (κ1) is 22.3. The molecule has 3 aromatic rings. The summed E-state index contributed by atoms with van der Waals surface area (Å²) in [5.41, 5.74) is 0. The molecule has 2 heterocycles. The Labute approximate surface area is 187 Å². The van der Waals surface area contributed by atoms with Crippen LogP contribution in [0.5, 0.6) is 17.4 Å². The maximum atomic E-state index is 13.8. The number of rotatable bonds is 8. The van der Waals surface area contributed by atoms with E-state index in [0.717, 1.165) is 10.9 Å². The van der Waals surface area contributed by atoms with Crippen LogP contribution in [0.25, 0.3) is 0 Å². The Kier molecular flexibility index (Phi) is 7.47. The SMILES string of the molecule is CCN(Cc1cnc(Cl)s1)C(=O)[C@@H](C)Oc1ccc(Oc2ncc(Cl)cc2F)cc1. The van der Waals surface area contributed by atoms with Crippen LogP contribution in [0, 0.1) is 5.82 Å². The van der Waals surface area contributed by atoms with Crippen LogP contribution in [0.2, 0.25) is 9.49 Å². The molecule has 0 saturated carbocycles. The van der Waals surface area contributed by atoms with Gasteiger partial charge in [-0.25, -0.2) is 14.4 Å². The van der Waals surface area contributed by atoms with Gasteiger partial charge in [-0.15, -0.1) is 11.3 Å². The van der Waals surface area contributed by atoms with Crippen LogP contribution in [-0.4, -0.2) is 33.4 Å². The van der Waals surface area contributed by atoms with Crippen LogP contribution in [0.4, 0.5) is 4.39 Å². The summed E-state index contributed by atoms with van der Waals surface area (Å²) in [6.07, 6.45) is 2.26. The molecule has 0 aliphatic carbocycles. The zero-order valence-corrected chi connectivity index (χ0v) is 18.5. The maximum Gasteiger partial charge on any atom is 0.263 e. The summed E-state index contributed by atoms with van der Waals surface area (Å²) in [6, 6.07) is 7.57. The highest BCUT2D eigenvalue weighted by atomic mass is 35.5. The highest BCUT2D eigenvalue weighted by molar-refractivity contribution is 7.15. The summed E-state index contributed by atoms with van der Waals surface area (Å²) in [5.74, 6) is -0.158. The lowest BCUT2D eigenvalue weighted by Crippen LogP contribution is -2.39. The van der Waals surface area contributed by atoms with E-state index < -0.39 is 11.9 Å². The number of carbonyl (C=O) groups excluding carboxylic acids is 1. The Balaban J connectivity index is 1.60. The van der Waals surface area contributed by atoms with E-state index >= 15 is 0 Å². The molecular weight excluding hydrogens is 452 g/mol. The second-order valence-electron chi connectivity index (χ2n) is 6.21. The van der Waals surface area contributed by atoms with E-state index in [1.54, 1.807) is 42.3 Å². The Morgan fingerprint density at radius 3 is 2.50 bits per heavy atom. The van der Waals surface area contributed by atoms with Gasteiger partial charge in [0.1, 0.15) is 11.5 Å². The predicted octanol–water partition coefficient (Wildman–Crippen LogP) is 5.59. The molecule has 0 fully saturated rings. The summed E-state index contributed by atoms with van der Waals surface area (Å²) in [4.78, 5) is 23.1. The molecule has 0 radical (unpaired) electrons. The van der Waals surface area contributed by atoms with Gasteiger partial charge in [-0.1, -0.05) is 23.2 Å². The Morgan fingerprint density at radius 1 is 1.20 bits per heavy atom. The minimum Gasteiger partial charge on any atom is -0.481 e. The number of ether oxygens (including phenoxy) is 2. The van der Waals surface area contributed by atoms with Gasteiger partial charge in [0.25, 0.3) is 11.8 Å². The molecule has 1 aromatic carbocycles. The molecule has 0 saturated heterocycles. The van der Waals surface area contributed by atoms with Crippen molar-refractivity contribution in [2.45, 2.75) is 26.5 Å². The van der Waals surface area contributed by atoms with E-state index in [0.29, 0.717) is 29.1 Å². The zero-order chi connectivity index (χ0) is 21.7. The number of hydrogen-bond donors (Lipinski definition) is 0. The number of likely N-dealkylation sites (N-methyl/N-ethyl adjacent to an activating group) is 1. The summed E-state index contributed by atoms with van der Waals surface area (Å²) in [7, 11) is 0. The molecule has 3 rings (SSSR count). The van der Waals surface area contributed by atoms with E-state index in [2.05, 4.69) is 9.97 Å². The first-order valence-electron chi connectivity index (χ1n) is 9.00. The predicted molar refractivity (Wildman–Crippen MR) is 114 cm³/mol. The third-order valence-electron chi connectivity index (χ3n) is 4.04.